The normalized spacial score (nSPS) is 16.8. The van der Waals surface area contributed by atoms with Crippen molar-refractivity contribution in [3.63, 3.8) is 0 Å². The Labute approximate surface area is 130 Å². The van der Waals surface area contributed by atoms with Crippen LogP contribution in [-0.4, -0.2) is 41.9 Å². The Hall–Kier alpha value is -0.770. The van der Waals surface area contributed by atoms with Gasteiger partial charge in [0.25, 0.3) is 0 Å². The van der Waals surface area contributed by atoms with E-state index in [9.17, 15) is 4.79 Å². The number of nitrogens with zero attached hydrogens (tertiary/aromatic N) is 2. The minimum Gasteiger partial charge on any atom is -0.340 e. The van der Waals surface area contributed by atoms with Crippen molar-refractivity contribution in [2.75, 3.05) is 26.2 Å². The van der Waals surface area contributed by atoms with Crippen LogP contribution in [0.2, 0.25) is 10.0 Å². The summed E-state index contributed by atoms with van der Waals surface area (Å²) in [7, 11) is 0. The first-order valence-corrected chi connectivity index (χ1v) is 7.68. The summed E-state index contributed by atoms with van der Waals surface area (Å²) < 4.78 is 0. The first kappa shape index (κ1) is 15.6. The Morgan fingerprint density at radius 3 is 2.35 bits per heavy atom. The highest BCUT2D eigenvalue weighted by Crippen LogP contribution is 2.23. The number of halogens is 2. The molecule has 1 aromatic rings. The molecule has 2 rings (SSSR count). The molecule has 1 fully saturated rings. The highest BCUT2D eigenvalue weighted by Gasteiger charge is 2.22. The lowest BCUT2D eigenvalue weighted by Gasteiger charge is -2.35. The molecule has 0 aromatic heterocycles. The molecule has 1 aromatic carbocycles. The van der Waals surface area contributed by atoms with E-state index in [0.29, 0.717) is 10.0 Å². The number of amides is 1. The average molecular weight is 315 g/mol. The second-order valence-electron chi connectivity index (χ2n) is 5.50. The summed E-state index contributed by atoms with van der Waals surface area (Å²) >= 11 is 11.9. The minimum atomic E-state index is 0.0802. The fourth-order valence-electron chi connectivity index (χ4n) is 2.39. The quantitative estimate of drug-likeness (QED) is 0.854. The minimum absolute atomic E-state index is 0.0802. The van der Waals surface area contributed by atoms with Crippen LogP contribution in [-0.2, 0) is 11.3 Å². The van der Waals surface area contributed by atoms with E-state index in [0.717, 1.165) is 38.3 Å². The summed E-state index contributed by atoms with van der Waals surface area (Å²) in [6.07, 6.45) is 0. The van der Waals surface area contributed by atoms with E-state index in [1.807, 2.05) is 36.9 Å². The molecule has 0 atom stereocenters. The predicted molar refractivity (Wildman–Crippen MR) is 83.2 cm³/mol. The molecule has 0 bridgehead atoms. The van der Waals surface area contributed by atoms with Crippen molar-refractivity contribution in [3.05, 3.63) is 33.8 Å². The first-order chi connectivity index (χ1) is 9.47. The lowest BCUT2D eigenvalue weighted by Crippen LogP contribution is -2.49. The Kier molecular flexibility index (Phi) is 5.30. The third kappa shape index (κ3) is 3.87. The van der Waals surface area contributed by atoms with Crippen molar-refractivity contribution >= 4 is 29.1 Å². The van der Waals surface area contributed by atoms with Gasteiger partial charge in [0.2, 0.25) is 5.91 Å². The molecule has 3 nitrogen and oxygen atoms in total. The van der Waals surface area contributed by atoms with Crippen molar-refractivity contribution in [2.24, 2.45) is 5.92 Å². The molecule has 1 saturated heterocycles. The molecule has 0 saturated carbocycles. The number of piperazine rings is 1. The van der Waals surface area contributed by atoms with E-state index in [2.05, 4.69) is 4.90 Å². The molecular weight excluding hydrogens is 295 g/mol. The SMILES string of the molecule is CC(C)C(=O)N1CCN(Cc2ccc(Cl)c(Cl)c2)CC1. The molecule has 0 radical (unpaired) electrons. The van der Waals surface area contributed by atoms with Gasteiger partial charge in [0.05, 0.1) is 10.0 Å². The second-order valence-corrected chi connectivity index (χ2v) is 6.32. The van der Waals surface area contributed by atoms with E-state index in [-0.39, 0.29) is 11.8 Å². The number of carbonyl (C=O) groups excluding carboxylic acids is 1. The molecule has 1 aliphatic heterocycles. The standard InChI is InChI=1S/C15H20Cl2N2O/c1-11(2)15(20)19-7-5-18(6-8-19)10-12-3-4-13(16)14(17)9-12/h3-4,9,11H,5-8,10H2,1-2H3. The number of hydrogen-bond acceptors (Lipinski definition) is 2. The van der Waals surface area contributed by atoms with E-state index >= 15 is 0 Å². The largest absolute Gasteiger partial charge is 0.340 e. The van der Waals surface area contributed by atoms with E-state index in [1.54, 1.807) is 0 Å². The van der Waals surface area contributed by atoms with Crippen LogP contribution in [0, 0.1) is 5.92 Å². The molecule has 0 unspecified atom stereocenters. The summed E-state index contributed by atoms with van der Waals surface area (Å²) in [5.74, 6) is 0.329. The van der Waals surface area contributed by atoms with Crippen LogP contribution < -0.4 is 0 Å². The second kappa shape index (κ2) is 6.79. The monoisotopic (exact) mass is 314 g/mol. The lowest BCUT2D eigenvalue weighted by molar-refractivity contribution is -0.136. The van der Waals surface area contributed by atoms with Gasteiger partial charge in [-0.15, -0.1) is 0 Å². The number of benzene rings is 1. The predicted octanol–water partition coefficient (Wildman–Crippen LogP) is 3.29. The summed E-state index contributed by atoms with van der Waals surface area (Å²) in [4.78, 5) is 16.2. The van der Waals surface area contributed by atoms with Gasteiger partial charge in [0, 0.05) is 38.6 Å². The fraction of sp³-hybridized carbons (Fsp3) is 0.533. The summed E-state index contributed by atoms with van der Waals surface area (Å²) in [5, 5.41) is 1.18. The molecule has 110 valence electrons. The molecule has 1 heterocycles. The van der Waals surface area contributed by atoms with Crippen LogP contribution in [0.25, 0.3) is 0 Å². The average Bonchev–Trinajstić information content (AvgIpc) is 2.43. The summed E-state index contributed by atoms with van der Waals surface area (Å²) in [5.41, 5.74) is 1.16. The molecule has 0 aliphatic carbocycles. The zero-order valence-electron chi connectivity index (χ0n) is 11.9. The van der Waals surface area contributed by atoms with Crippen LogP contribution in [0.4, 0.5) is 0 Å². The zero-order valence-corrected chi connectivity index (χ0v) is 13.4. The van der Waals surface area contributed by atoms with E-state index < -0.39 is 0 Å². The highest BCUT2D eigenvalue weighted by atomic mass is 35.5. The van der Waals surface area contributed by atoms with Crippen molar-refractivity contribution < 1.29 is 4.79 Å². The van der Waals surface area contributed by atoms with Gasteiger partial charge in [-0.2, -0.15) is 0 Å². The van der Waals surface area contributed by atoms with Gasteiger partial charge >= 0.3 is 0 Å². The molecule has 1 amide bonds. The molecule has 20 heavy (non-hydrogen) atoms. The van der Waals surface area contributed by atoms with E-state index in [1.165, 1.54) is 0 Å². The Morgan fingerprint density at radius 2 is 1.80 bits per heavy atom. The fourth-order valence-corrected chi connectivity index (χ4v) is 2.71. The van der Waals surface area contributed by atoms with Gasteiger partial charge in [0.15, 0.2) is 0 Å². The van der Waals surface area contributed by atoms with Crippen LogP contribution >= 0.6 is 23.2 Å². The number of carbonyl (C=O) groups is 1. The van der Waals surface area contributed by atoms with Gasteiger partial charge in [-0.05, 0) is 17.7 Å². The number of hydrogen-bond donors (Lipinski definition) is 0. The van der Waals surface area contributed by atoms with Crippen molar-refractivity contribution in [2.45, 2.75) is 20.4 Å². The highest BCUT2D eigenvalue weighted by molar-refractivity contribution is 6.42. The number of rotatable bonds is 3. The summed E-state index contributed by atoms with van der Waals surface area (Å²) in [6, 6.07) is 5.74. The van der Waals surface area contributed by atoms with Gasteiger partial charge in [-0.25, -0.2) is 0 Å². The van der Waals surface area contributed by atoms with Gasteiger partial charge in [-0.3, -0.25) is 9.69 Å². The van der Waals surface area contributed by atoms with E-state index in [4.69, 9.17) is 23.2 Å². The van der Waals surface area contributed by atoms with Crippen molar-refractivity contribution in [1.82, 2.24) is 9.80 Å². The van der Waals surface area contributed by atoms with Gasteiger partial charge in [0.1, 0.15) is 0 Å². The smallest absolute Gasteiger partial charge is 0.225 e. The molecule has 1 aliphatic rings. The Bertz CT molecular complexity index is 483. The van der Waals surface area contributed by atoms with Crippen LogP contribution in [0.1, 0.15) is 19.4 Å². The maximum atomic E-state index is 11.9. The van der Waals surface area contributed by atoms with Crippen molar-refractivity contribution in [3.8, 4) is 0 Å². The van der Waals surface area contributed by atoms with Gasteiger partial charge < -0.3 is 4.90 Å². The Balaban J connectivity index is 1.88. The summed E-state index contributed by atoms with van der Waals surface area (Å²) in [6.45, 7) is 8.16. The third-order valence-corrected chi connectivity index (χ3v) is 4.31. The lowest BCUT2D eigenvalue weighted by atomic mass is 10.1. The zero-order chi connectivity index (χ0) is 14.7. The maximum Gasteiger partial charge on any atom is 0.225 e. The topological polar surface area (TPSA) is 23.6 Å². The maximum absolute atomic E-state index is 11.9. The van der Waals surface area contributed by atoms with Crippen LogP contribution in [0.3, 0.4) is 0 Å². The first-order valence-electron chi connectivity index (χ1n) is 6.92. The Morgan fingerprint density at radius 1 is 1.15 bits per heavy atom. The molecule has 0 spiro atoms. The van der Waals surface area contributed by atoms with Gasteiger partial charge in [-0.1, -0.05) is 43.1 Å². The van der Waals surface area contributed by atoms with Crippen LogP contribution in [0.5, 0.6) is 0 Å². The third-order valence-electron chi connectivity index (χ3n) is 3.57. The molecule has 5 heteroatoms. The molecular formula is C15H20Cl2N2O. The molecule has 0 N–H and O–H groups in total. The van der Waals surface area contributed by atoms with Crippen molar-refractivity contribution in [1.29, 1.82) is 0 Å². The van der Waals surface area contributed by atoms with Crippen LogP contribution in [0.15, 0.2) is 18.2 Å².